The lowest BCUT2D eigenvalue weighted by Gasteiger charge is -2.12. The monoisotopic (exact) mass is 266 g/mol. The van der Waals surface area contributed by atoms with Crippen molar-refractivity contribution in [3.63, 3.8) is 0 Å². The summed E-state index contributed by atoms with van der Waals surface area (Å²) in [6.07, 6.45) is 0.888. The standard InChI is InChI=1S/C16H14N2O2/c1-20-13-8-6-11(7-9-13)16(19)15-14-5-3-2-4-12(14)10-17-18-15/h2-10,16,19H,1H3. The molecule has 0 radical (unpaired) electrons. The van der Waals surface area contributed by atoms with Crippen LogP contribution in [0.25, 0.3) is 10.8 Å². The Hall–Kier alpha value is -2.46. The van der Waals surface area contributed by atoms with Crippen LogP contribution in [0.5, 0.6) is 5.75 Å². The number of nitrogens with zero attached hydrogens (tertiary/aromatic N) is 2. The second-order valence-electron chi connectivity index (χ2n) is 4.49. The summed E-state index contributed by atoms with van der Waals surface area (Å²) in [6.45, 7) is 0. The highest BCUT2D eigenvalue weighted by atomic mass is 16.5. The minimum atomic E-state index is -0.806. The smallest absolute Gasteiger partial charge is 0.123 e. The molecule has 0 saturated carbocycles. The molecule has 1 atom stereocenters. The van der Waals surface area contributed by atoms with Gasteiger partial charge in [-0.3, -0.25) is 0 Å². The van der Waals surface area contributed by atoms with E-state index in [-0.39, 0.29) is 0 Å². The largest absolute Gasteiger partial charge is 0.497 e. The first-order chi connectivity index (χ1) is 9.79. The van der Waals surface area contributed by atoms with Crippen molar-refractivity contribution in [2.24, 2.45) is 0 Å². The van der Waals surface area contributed by atoms with E-state index in [4.69, 9.17) is 4.74 Å². The number of aliphatic hydroxyl groups excluding tert-OH is 1. The third-order valence-electron chi connectivity index (χ3n) is 3.29. The SMILES string of the molecule is COc1ccc(C(O)c2nncc3ccccc23)cc1. The molecular weight excluding hydrogens is 252 g/mol. The number of fused-ring (bicyclic) bond motifs is 1. The number of hydrogen-bond acceptors (Lipinski definition) is 4. The van der Waals surface area contributed by atoms with Gasteiger partial charge in [-0.05, 0) is 17.7 Å². The molecule has 3 aromatic rings. The van der Waals surface area contributed by atoms with Crippen LogP contribution in [0.4, 0.5) is 0 Å². The van der Waals surface area contributed by atoms with Crippen LogP contribution >= 0.6 is 0 Å². The number of hydrogen-bond donors (Lipinski definition) is 1. The molecule has 20 heavy (non-hydrogen) atoms. The maximum absolute atomic E-state index is 10.5. The quantitative estimate of drug-likeness (QED) is 0.792. The Morgan fingerprint density at radius 1 is 1.05 bits per heavy atom. The van der Waals surface area contributed by atoms with Crippen molar-refractivity contribution in [2.45, 2.75) is 6.10 Å². The van der Waals surface area contributed by atoms with Gasteiger partial charge in [0.05, 0.1) is 13.3 Å². The van der Waals surface area contributed by atoms with Crippen LogP contribution in [0.1, 0.15) is 17.4 Å². The van der Waals surface area contributed by atoms with Crippen LogP contribution in [0.15, 0.2) is 54.7 Å². The van der Waals surface area contributed by atoms with Crippen molar-refractivity contribution < 1.29 is 9.84 Å². The molecule has 100 valence electrons. The molecule has 1 aromatic heterocycles. The van der Waals surface area contributed by atoms with E-state index in [9.17, 15) is 5.11 Å². The first-order valence-corrected chi connectivity index (χ1v) is 6.32. The van der Waals surface area contributed by atoms with Gasteiger partial charge in [-0.2, -0.15) is 10.2 Å². The van der Waals surface area contributed by atoms with Gasteiger partial charge in [0.15, 0.2) is 0 Å². The fourth-order valence-electron chi connectivity index (χ4n) is 2.20. The fourth-order valence-corrected chi connectivity index (χ4v) is 2.20. The number of aliphatic hydroxyl groups is 1. The number of rotatable bonds is 3. The van der Waals surface area contributed by atoms with E-state index < -0.39 is 6.10 Å². The predicted molar refractivity (Wildman–Crippen MR) is 76.6 cm³/mol. The van der Waals surface area contributed by atoms with Crippen LogP contribution < -0.4 is 4.74 Å². The Morgan fingerprint density at radius 2 is 1.80 bits per heavy atom. The van der Waals surface area contributed by atoms with Gasteiger partial charge < -0.3 is 9.84 Å². The summed E-state index contributed by atoms with van der Waals surface area (Å²) in [5.41, 5.74) is 1.32. The number of aromatic nitrogens is 2. The zero-order chi connectivity index (χ0) is 13.9. The van der Waals surface area contributed by atoms with Crippen LogP contribution in [0.3, 0.4) is 0 Å². The lowest BCUT2D eigenvalue weighted by Crippen LogP contribution is -2.04. The summed E-state index contributed by atoms with van der Waals surface area (Å²) >= 11 is 0. The molecule has 0 fully saturated rings. The third-order valence-corrected chi connectivity index (χ3v) is 3.29. The van der Waals surface area contributed by atoms with Gasteiger partial charge in [0.1, 0.15) is 17.5 Å². The molecule has 1 N–H and O–H groups in total. The van der Waals surface area contributed by atoms with E-state index in [1.165, 1.54) is 0 Å². The Labute approximate surface area is 116 Å². The molecule has 1 heterocycles. The van der Waals surface area contributed by atoms with Crippen molar-refractivity contribution in [3.8, 4) is 5.75 Å². The van der Waals surface area contributed by atoms with Gasteiger partial charge in [-0.25, -0.2) is 0 Å². The van der Waals surface area contributed by atoms with Gasteiger partial charge >= 0.3 is 0 Å². The molecule has 3 rings (SSSR count). The summed E-state index contributed by atoms with van der Waals surface area (Å²) in [5.74, 6) is 0.755. The Balaban J connectivity index is 2.05. The van der Waals surface area contributed by atoms with Crippen molar-refractivity contribution in [2.75, 3.05) is 7.11 Å². The van der Waals surface area contributed by atoms with Crippen molar-refractivity contribution >= 4 is 10.8 Å². The highest BCUT2D eigenvalue weighted by Crippen LogP contribution is 2.27. The normalized spacial score (nSPS) is 12.3. The zero-order valence-corrected chi connectivity index (χ0v) is 11.0. The van der Waals surface area contributed by atoms with Crippen LogP contribution in [-0.4, -0.2) is 22.4 Å². The zero-order valence-electron chi connectivity index (χ0n) is 11.0. The molecule has 4 heteroatoms. The van der Waals surface area contributed by atoms with E-state index in [2.05, 4.69) is 10.2 Å². The molecule has 0 aliphatic carbocycles. The van der Waals surface area contributed by atoms with Gasteiger partial charge in [-0.1, -0.05) is 36.4 Å². The molecule has 0 spiro atoms. The second-order valence-corrected chi connectivity index (χ2v) is 4.49. The van der Waals surface area contributed by atoms with E-state index in [1.54, 1.807) is 13.3 Å². The lowest BCUT2D eigenvalue weighted by atomic mass is 10.0. The third kappa shape index (κ3) is 2.21. The van der Waals surface area contributed by atoms with Crippen LogP contribution in [0, 0.1) is 0 Å². The van der Waals surface area contributed by atoms with Gasteiger partial charge in [0.25, 0.3) is 0 Å². The summed E-state index contributed by atoms with van der Waals surface area (Å²) in [4.78, 5) is 0. The molecule has 2 aromatic carbocycles. The Morgan fingerprint density at radius 3 is 2.55 bits per heavy atom. The summed E-state index contributed by atoms with van der Waals surface area (Å²) in [5, 5.41) is 20.4. The summed E-state index contributed by atoms with van der Waals surface area (Å²) in [7, 11) is 1.61. The van der Waals surface area contributed by atoms with Gasteiger partial charge in [0, 0.05) is 10.8 Å². The minimum Gasteiger partial charge on any atom is -0.497 e. The fraction of sp³-hybridized carbons (Fsp3) is 0.125. The molecule has 4 nitrogen and oxygen atoms in total. The van der Waals surface area contributed by atoms with Crippen LogP contribution in [0.2, 0.25) is 0 Å². The van der Waals surface area contributed by atoms with E-state index >= 15 is 0 Å². The topological polar surface area (TPSA) is 55.2 Å². The maximum Gasteiger partial charge on any atom is 0.123 e. The molecule has 0 saturated heterocycles. The lowest BCUT2D eigenvalue weighted by molar-refractivity contribution is 0.215. The molecule has 0 aliphatic rings. The molecular formula is C16H14N2O2. The average Bonchev–Trinajstić information content (AvgIpc) is 2.54. The van der Waals surface area contributed by atoms with Crippen LogP contribution in [-0.2, 0) is 0 Å². The summed E-state index contributed by atoms with van der Waals surface area (Å²) in [6, 6.07) is 15.0. The van der Waals surface area contributed by atoms with E-state index in [0.717, 1.165) is 22.1 Å². The second kappa shape index (κ2) is 5.27. The van der Waals surface area contributed by atoms with E-state index in [1.807, 2.05) is 48.5 Å². The first kappa shape index (κ1) is 12.6. The summed E-state index contributed by atoms with van der Waals surface area (Å²) < 4.78 is 5.12. The molecule has 1 unspecified atom stereocenters. The van der Waals surface area contributed by atoms with Gasteiger partial charge in [0.2, 0.25) is 0 Å². The number of methoxy groups -OCH3 is 1. The highest BCUT2D eigenvalue weighted by Gasteiger charge is 2.15. The Kier molecular flexibility index (Phi) is 3.31. The maximum atomic E-state index is 10.5. The highest BCUT2D eigenvalue weighted by molar-refractivity contribution is 5.84. The van der Waals surface area contributed by atoms with Crippen molar-refractivity contribution in [3.05, 3.63) is 66.0 Å². The molecule has 0 amide bonds. The molecule has 0 aliphatic heterocycles. The minimum absolute atomic E-state index is 0.563. The van der Waals surface area contributed by atoms with E-state index in [0.29, 0.717) is 5.69 Å². The first-order valence-electron chi connectivity index (χ1n) is 6.32. The predicted octanol–water partition coefficient (Wildman–Crippen LogP) is 2.72. The Bertz CT molecular complexity index is 721. The van der Waals surface area contributed by atoms with Crippen molar-refractivity contribution in [1.29, 1.82) is 0 Å². The number of benzene rings is 2. The molecule has 0 bridgehead atoms. The number of ether oxygens (including phenoxy) is 1. The van der Waals surface area contributed by atoms with Gasteiger partial charge in [-0.15, -0.1) is 0 Å². The average molecular weight is 266 g/mol. The van der Waals surface area contributed by atoms with Crippen molar-refractivity contribution in [1.82, 2.24) is 10.2 Å².